The molecule has 0 amide bonds. The Labute approximate surface area is 114 Å². The second-order valence-electron chi connectivity index (χ2n) is 5.83. The Morgan fingerprint density at radius 2 is 1.95 bits per heavy atom. The van der Waals surface area contributed by atoms with Gasteiger partial charge in [0.2, 0.25) is 0 Å². The Balaban J connectivity index is 1.65. The Morgan fingerprint density at radius 1 is 1.11 bits per heavy atom. The van der Waals surface area contributed by atoms with Crippen molar-refractivity contribution in [3.63, 3.8) is 0 Å². The second-order valence-corrected chi connectivity index (χ2v) is 5.83. The van der Waals surface area contributed by atoms with Gasteiger partial charge in [-0.2, -0.15) is 0 Å². The number of hydrogen-bond donors (Lipinski definition) is 2. The van der Waals surface area contributed by atoms with Crippen molar-refractivity contribution >= 4 is 10.9 Å². The molecule has 3 nitrogen and oxygen atoms in total. The highest BCUT2D eigenvalue weighted by atomic mass is 15.2. The lowest BCUT2D eigenvalue weighted by molar-refractivity contribution is 0.147. The highest BCUT2D eigenvalue weighted by molar-refractivity contribution is 5.84. The van der Waals surface area contributed by atoms with Crippen molar-refractivity contribution in [2.45, 2.75) is 31.8 Å². The maximum absolute atomic E-state index is 3.60. The van der Waals surface area contributed by atoms with Crippen LogP contribution >= 0.6 is 0 Å². The lowest BCUT2D eigenvalue weighted by atomic mass is 9.98. The monoisotopic (exact) mass is 255 g/mol. The van der Waals surface area contributed by atoms with E-state index in [1.165, 1.54) is 55.5 Å². The lowest BCUT2D eigenvalue weighted by Crippen LogP contribution is -2.45. The summed E-state index contributed by atoms with van der Waals surface area (Å²) >= 11 is 0. The summed E-state index contributed by atoms with van der Waals surface area (Å²) in [6.45, 7) is 4.71. The number of benzene rings is 1. The van der Waals surface area contributed by atoms with Gasteiger partial charge in [0.1, 0.15) is 0 Å². The highest BCUT2D eigenvalue weighted by Crippen LogP contribution is 2.29. The number of H-pyrrole nitrogens is 1. The van der Waals surface area contributed by atoms with Crippen LogP contribution in [0.2, 0.25) is 0 Å². The molecule has 0 bridgehead atoms. The van der Waals surface area contributed by atoms with Gasteiger partial charge in [0.25, 0.3) is 0 Å². The molecule has 2 aromatic rings. The van der Waals surface area contributed by atoms with E-state index in [-0.39, 0.29) is 0 Å². The van der Waals surface area contributed by atoms with E-state index in [2.05, 4.69) is 39.5 Å². The molecule has 1 aromatic carbocycles. The fourth-order valence-corrected chi connectivity index (χ4v) is 3.67. The number of aromatic nitrogens is 1. The molecule has 1 saturated heterocycles. The summed E-state index contributed by atoms with van der Waals surface area (Å²) in [6.07, 6.45) is 3.78. The fourth-order valence-electron chi connectivity index (χ4n) is 3.67. The van der Waals surface area contributed by atoms with Crippen LogP contribution in [-0.4, -0.2) is 35.6 Å². The molecule has 19 heavy (non-hydrogen) atoms. The minimum atomic E-state index is 0.781. The summed E-state index contributed by atoms with van der Waals surface area (Å²) in [6, 6.07) is 9.51. The van der Waals surface area contributed by atoms with Crippen LogP contribution < -0.4 is 5.32 Å². The van der Waals surface area contributed by atoms with E-state index in [9.17, 15) is 0 Å². The maximum atomic E-state index is 3.60. The van der Waals surface area contributed by atoms with E-state index < -0.39 is 0 Å². The largest absolute Gasteiger partial charge is 0.358 e. The Bertz CT molecular complexity index is 581. The van der Waals surface area contributed by atoms with Crippen LogP contribution in [0.1, 0.15) is 24.1 Å². The zero-order chi connectivity index (χ0) is 12.7. The third-order valence-corrected chi connectivity index (χ3v) is 4.74. The topological polar surface area (TPSA) is 31.1 Å². The van der Waals surface area contributed by atoms with Gasteiger partial charge in [0.05, 0.1) is 0 Å². The molecule has 1 fully saturated rings. The number of fused-ring (bicyclic) bond motifs is 3. The Morgan fingerprint density at radius 3 is 2.84 bits per heavy atom. The summed E-state index contributed by atoms with van der Waals surface area (Å²) in [5.74, 6) is 0. The van der Waals surface area contributed by atoms with Crippen LogP contribution in [0.25, 0.3) is 10.9 Å². The molecular formula is C16H21N3. The van der Waals surface area contributed by atoms with Gasteiger partial charge in [-0.15, -0.1) is 0 Å². The summed E-state index contributed by atoms with van der Waals surface area (Å²) in [7, 11) is 0. The number of rotatable bonds is 1. The molecule has 0 atom stereocenters. The van der Waals surface area contributed by atoms with Gasteiger partial charge in [-0.3, -0.25) is 4.90 Å². The SMILES string of the molecule is c1ccc2c3c([nH]c2c1)CCN(C1CCNCC1)C3. The average Bonchev–Trinajstić information content (AvgIpc) is 2.86. The van der Waals surface area contributed by atoms with E-state index in [4.69, 9.17) is 0 Å². The number of nitrogens with one attached hydrogen (secondary N) is 2. The number of piperidine rings is 1. The molecule has 0 saturated carbocycles. The van der Waals surface area contributed by atoms with E-state index in [1.807, 2.05) is 0 Å². The molecule has 1 aromatic heterocycles. The molecule has 0 radical (unpaired) electrons. The first kappa shape index (κ1) is 11.5. The Kier molecular flexibility index (Phi) is 2.82. The molecule has 0 spiro atoms. The summed E-state index contributed by atoms with van der Waals surface area (Å²) in [4.78, 5) is 6.30. The molecule has 3 heteroatoms. The third-order valence-electron chi connectivity index (χ3n) is 4.74. The van der Waals surface area contributed by atoms with Crippen LogP contribution in [0.5, 0.6) is 0 Å². The van der Waals surface area contributed by atoms with E-state index >= 15 is 0 Å². The first-order valence-corrected chi connectivity index (χ1v) is 7.45. The molecule has 0 aliphatic carbocycles. The summed E-state index contributed by atoms with van der Waals surface area (Å²) in [5, 5.41) is 4.89. The quantitative estimate of drug-likeness (QED) is 0.819. The van der Waals surface area contributed by atoms with Crippen LogP contribution in [0.4, 0.5) is 0 Å². The molecule has 2 N–H and O–H groups in total. The summed E-state index contributed by atoms with van der Waals surface area (Å²) in [5.41, 5.74) is 4.31. The van der Waals surface area contributed by atoms with Crippen LogP contribution in [-0.2, 0) is 13.0 Å². The van der Waals surface area contributed by atoms with Gasteiger partial charge in [0.15, 0.2) is 0 Å². The standard InChI is InChI=1S/C16H21N3/c1-2-4-15-13(3-1)14-11-19(10-7-16(14)18-15)12-5-8-17-9-6-12/h1-4,12,17-18H,5-11H2. The van der Waals surface area contributed by atoms with E-state index in [1.54, 1.807) is 5.56 Å². The van der Waals surface area contributed by atoms with Crippen LogP contribution in [0.3, 0.4) is 0 Å². The van der Waals surface area contributed by atoms with E-state index in [0.29, 0.717) is 0 Å². The van der Waals surface area contributed by atoms with Gasteiger partial charge in [-0.25, -0.2) is 0 Å². The minimum absolute atomic E-state index is 0.781. The zero-order valence-electron chi connectivity index (χ0n) is 11.3. The van der Waals surface area contributed by atoms with Crippen molar-refractivity contribution in [3.05, 3.63) is 35.5 Å². The summed E-state index contributed by atoms with van der Waals surface area (Å²) < 4.78 is 0. The Hall–Kier alpha value is -1.32. The van der Waals surface area contributed by atoms with Crippen molar-refractivity contribution in [2.24, 2.45) is 0 Å². The smallest absolute Gasteiger partial charge is 0.0459 e. The third kappa shape index (κ3) is 1.97. The minimum Gasteiger partial charge on any atom is -0.358 e. The average molecular weight is 255 g/mol. The first-order valence-electron chi connectivity index (χ1n) is 7.45. The zero-order valence-corrected chi connectivity index (χ0v) is 11.3. The van der Waals surface area contributed by atoms with Crippen molar-refractivity contribution < 1.29 is 0 Å². The van der Waals surface area contributed by atoms with Crippen molar-refractivity contribution in [1.29, 1.82) is 0 Å². The highest BCUT2D eigenvalue weighted by Gasteiger charge is 2.26. The molecular weight excluding hydrogens is 234 g/mol. The van der Waals surface area contributed by atoms with Crippen LogP contribution in [0.15, 0.2) is 24.3 Å². The molecule has 100 valence electrons. The normalized spacial score (nSPS) is 21.7. The van der Waals surface area contributed by atoms with Gasteiger partial charge in [0, 0.05) is 42.1 Å². The van der Waals surface area contributed by atoms with Gasteiger partial charge in [-0.05, 0) is 37.6 Å². The fraction of sp³-hybridized carbons (Fsp3) is 0.500. The maximum Gasteiger partial charge on any atom is 0.0459 e. The number of nitrogens with zero attached hydrogens (tertiary/aromatic N) is 1. The lowest BCUT2D eigenvalue weighted by Gasteiger charge is -2.37. The van der Waals surface area contributed by atoms with Crippen molar-refractivity contribution in [1.82, 2.24) is 15.2 Å². The molecule has 0 unspecified atom stereocenters. The molecule has 2 aliphatic heterocycles. The number of para-hydroxylation sites is 1. The number of hydrogen-bond acceptors (Lipinski definition) is 2. The van der Waals surface area contributed by atoms with Gasteiger partial charge >= 0.3 is 0 Å². The van der Waals surface area contributed by atoms with Crippen LogP contribution in [0, 0.1) is 0 Å². The van der Waals surface area contributed by atoms with Gasteiger partial charge in [-0.1, -0.05) is 18.2 Å². The molecule has 3 heterocycles. The predicted octanol–water partition coefficient (Wildman–Crippen LogP) is 2.28. The van der Waals surface area contributed by atoms with Gasteiger partial charge < -0.3 is 10.3 Å². The van der Waals surface area contributed by atoms with Crippen molar-refractivity contribution in [2.75, 3.05) is 19.6 Å². The first-order chi connectivity index (χ1) is 9.42. The van der Waals surface area contributed by atoms with Crippen molar-refractivity contribution in [3.8, 4) is 0 Å². The predicted molar refractivity (Wildman–Crippen MR) is 78.3 cm³/mol. The molecule has 4 rings (SSSR count). The molecule has 2 aliphatic rings. The van der Waals surface area contributed by atoms with E-state index in [0.717, 1.165) is 12.6 Å². The number of aromatic amines is 1. The second kappa shape index (κ2) is 4.66.